The molecule has 0 fully saturated rings. The molecule has 1 N–H and O–H groups in total. The molecule has 0 spiro atoms. The van der Waals surface area contributed by atoms with Crippen molar-refractivity contribution in [2.45, 2.75) is 39.5 Å². The molecular formula is C20H31N3O3S. The van der Waals surface area contributed by atoms with Crippen LogP contribution >= 0.6 is 0 Å². The van der Waals surface area contributed by atoms with Crippen LogP contribution in [0.4, 0.5) is 11.4 Å². The van der Waals surface area contributed by atoms with Gasteiger partial charge in [0.15, 0.2) is 0 Å². The zero-order valence-corrected chi connectivity index (χ0v) is 17.7. The van der Waals surface area contributed by atoms with E-state index in [1.807, 2.05) is 26.8 Å². The van der Waals surface area contributed by atoms with Gasteiger partial charge in [-0.25, -0.2) is 8.42 Å². The van der Waals surface area contributed by atoms with Crippen molar-refractivity contribution < 1.29 is 13.2 Å². The summed E-state index contributed by atoms with van der Waals surface area (Å²) in [6, 6.07) is 4.91. The van der Waals surface area contributed by atoms with E-state index >= 15 is 0 Å². The summed E-state index contributed by atoms with van der Waals surface area (Å²) in [4.78, 5) is 14.5. The number of hydrogen-bond donors (Lipinski definition) is 1. The lowest BCUT2D eigenvalue weighted by atomic mass is 10.2. The Morgan fingerprint density at radius 2 is 1.67 bits per heavy atom. The lowest BCUT2D eigenvalue weighted by Crippen LogP contribution is -2.31. The zero-order chi connectivity index (χ0) is 20.4. The summed E-state index contributed by atoms with van der Waals surface area (Å²) in [6.45, 7) is 11.8. The van der Waals surface area contributed by atoms with Crippen LogP contribution in [0.3, 0.4) is 0 Å². The van der Waals surface area contributed by atoms with E-state index in [9.17, 15) is 13.2 Å². The van der Waals surface area contributed by atoms with Gasteiger partial charge in [-0.3, -0.25) is 4.79 Å². The second-order valence-electron chi connectivity index (χ2n) is 5.81. The van der Waals surface area contributed by atoms with Gasteiger partial charge in [0.25, 0.3) is 0 Å². The summed E-state index contributed by atoms with van der Waals surface area (Å²) in [5, 5.41) is 2.82. The van der Waals surface area contributed by atoms with Gasteiger partial charge in [0.05, 0.1) is 16.3 Å². The van der Waals surface area contributed by atoms with E-state index in [0.717, 1.165) is 18.8 Å². The van der Waals surface area contributed by atoms with Gasteiger partial charge in [0.2, 0.25) is 15.9 Å². The van der Waals surface area contributed by atoms with Crippen LogP contribution in [0.5, 0.6) is 0 Å². The van der Waals surface area contributed by atoms with Crippen molar-refractivity contribution in [3.63, 3.8) is 0 Å². The predicted octanol–water partition coefficient (Wildman–Crippen LogP) is 3.63. The molecule has 0 aliphatic rings. The van der Waals surface area contributed by atoms with Crippen LogP contribution in [0.1, 0.15) is 34.6 Å². The highest BCUT2D eigenvalue weighted by molar-refractivity contribution is 7.89. The van der Waals surface area contributed by atoms with Gasteiger partial charge in [-0.2, -0.15) is 4.31 Å². The molecule has 150 valence electrons. The second kappa shape index (κ2) is 10.9. The minimum Gasteiger partial charge on any atom is -0.370 e. The first-order chi connectivity index (χ1) is 12.8. The molecule has 0 aliphatic heterocycles. The van der Waals surface area contributed by atoms with E-state index in [1.54, 1.807) is 44.2 Å². The molecule has 27 heavy (non-hydrogen) atoms. The third-order valence-electron chi connectivity index (χ3n) is 4.22. The van der Waals surface area contributed by atoms with Crippen LogP contribution < -0.4 is 10.2 Å². The molecule has 0 bridgehead atoms. The summed E-state index contributed by atoms with van der Waals surface area (Å²) in [7, 11) is -3.60. The summed E-state index contributed by atoms with van der Waals surface area (Å²) < 4.78 is 27.1. The molecule has 1 rings (SSSR count). The number of allylic oxidation sites excluding steroid dienone is 3. The van der Waals surface area contributed by atoms with Gasteiger partial charge in [-0.15, -0.1) is 0 Å². The molecule has 1 aromatic carbocycles. The van der Waals surface area contributed by atoms with Crippen molar-refractivity contribution in [2.75, 3.05) is 36.4 Å². The molecule has 1 aromatic rings. The third kappa shape index (κ3) is 5.94. The van der Waals surface area contributed by atoms with Crippen molar-refractivity contribution in [2.24, 2.45) is 0 Å². The highest BCUT2D eigenvalue weighted by Gasteiger charge is 2.23. The molecule has 0 atom stereocenters. The van der Waals surface area contributed by atoms with Gasteiger partial charge < -0.3 is 10.2 Å². The molecule has 0 aromatic heterocycles. The number of rotatable bonds is 10. The highest BCUT2D eigenvalue weighted by atomic mass is 32.2. The van der Waals surface area contributed by atoms with E-state index in [1.165, 1.54) is 10.4 Å². The van der Waals surface area contributed by atoms with E-state index in [2.05, 4.69) is 10.2 Å². The fourth-order valence-electron chi connectivity index (χ4n) is 2.76. The molecule has 0 radical (unpaired) electrons. The molecule has 6 nitrogen and oxygen atoms in total. The number of anilines is 2. The minimum atomic E-state index is -3.60. The van der Waals surface area contributed by atoms with E-state index < -0.39 is 10.0 Å². The summed E-state index contributed by atoms with van der Waals surface area (Å²) in [6.07, 6.45) is 6.63. The van der Waals surface area contributed by atoms with Crippen molar-refractivity contribution >= 4 is 27.3 Å². The normalized spacial score (nSPS) is 12.2. The Balaban J connectivity index is 3.39. The van der Waals surface area contributed by atoms with E-state index in [4.69, 9.17) is 0 Å². The fourth-order valence-corrected chi connectivity index (χ4v) is 4.24. The second-order valence-corrected chi connectivity index (χ2v) is 7.75. The quantitative estimate of drug-likeness (QED) is 0.487. The minimum absolute atomic E-state index is 0.176. The fraction of sp³-hybridized carbons (Fsp3) is 0.450. The summed E-state index contributed by atoms with van der Waals surface area (Å²) >= 11 is 0. The van der Waals surface area contributed by atoms with Gasteiger partial charge in [-0.1, -0.05) is 32.1 Å². The first-order valence-corrected chi connectivity index (χ1v) is 10.8. The van der Waals surface area contributed by atoms with Crippen LogP contribution in [0, 0.1) is 0 Å². The average molecular weight is 394 g/mol. The number of nitrogens with one attached hydrogen (secondary N) is 1. The molecule has 0 heterocycles. The number of carbonyl (C=O) groups is 1. The summed E-state index contributed by atoms with van der Waals surface area (Å²) in [5.41, 5.74) is 1.29. The number of sulfonamides is 1. The van der Waals surface area contributed by atoms with Gasteiger partial charge >= 0.3 is 0 Å². The topological polar surface area (TPSA) is 69.7 Å². The first kappa shape index (κ1) is 22.9. The Labute approximate surface area is 163 Å². The van der Waals surface area contributed by atoms with Crippen LogP contribution in [-0.4, -0.2) is 44.8 Å². The van der Waals surface area contributed by atoms with Crippen molar-refractivity contribution in [1.82, 2.24) is 4.31 Å². The maximum Gasteiger partial charge on any atom is 0.248 e. The molecule has 0 unspecified atom stereocenters. The molecule has 0 saturated carbocycles. The standard InChI is InChI=1S/C20H31N3O3S/c1-6-11-12-13-20(24)21-18-16-17(27(25,26)23(9-4)10-5)14-15-19(18)22(7-2)8-3/h6,11-16H,7-10H2,1-5H3,(H,21,24)/b11-6+,13-12+. The molecule has 7 heteroatoms. The van der Waals surface area contributed by atoms with Crippen LogP contribution in [0.15, 0.2) is 47.4 Å². The predicted molar refractivity (Wildman–Crippen MR) is 113 cm³/mol. The van der Waals surface area contributed by atoms with Crippen molar-refractivity contribution in [1.29, 1.82) is 0 Å². The van der Waals surface area contributed by atoms with Crippen LogP contribution in [0.25, 0.3) is 0 Å². The monoisotopic (exact) mass is 393 g/mol. The smallest absolute Gasteiger partial charge is 0.248 e. The van der Waals surface area contributed by atoms with Crippen LogP contribution in [-0.2, 0) is 14.8 Å². The lowest BCUT2D eigenvalue weighted by Gasteiger charge is -2.25. The van der Waals surface area contributed by atoms with E-state index in [0.29, 0.717) is 18.8 Å². The van der Waals surface area contributed by atoms with Crippen molar-refractivity contribution in [3.8, 4) is 0 Å². The maximum absolute atomic E-state index is 12.8. The molecule has 0 saturated heterocycles. The zero-order valence-electron chi connectivity index (χ0n) is 16.9. The van der Waals surface area contributed by atoms with Crippen molar-refractivity contribution in [3.05, 3.63) is 42.5 Å². The number of benzene rings is 1. The van der Waals surface area contributed by atoms with Crippen LogP contribution in [0.2, 0.25) is 0 Å². The van der Waals surface area contributed by atoms with Gasteiger partial charge in [0.1, 0.15) is 0 Å². The largest absolute Gasteiger partial charge is 0.370 e. The number of hydrogen-bond acceptors (Lipinski definition) is 4. The Hall–Kier alpha value is -2.12. The average Bonchev–Trinajstić information content (AvgIpc) is 2.64. The highest BCUT2D eigenvalue weighted by Crippen LogP contribution is 2.30. The number of nitrogens with zero attached hydrogens (tertiary/aromatic N) is 2. The van der Waals surface area contributed by atoms with E-state index in [-0.39, 0.29) is 10.8 Å². The van der Waals surface area contributed by atoms with Gasteiger partial charge in [0, 0.05) is 32.3 Å². The first-order valence-electron chi connectivity index (χ1n) is 9.35. The molecule has 0 aliphatic carbocycles. The Bertz CT molecular complexity index is 778. The maximum atomic E-state index is 12.8. The third-order valence-corrected chi connectivity index (χ3v) is 6.27. The number of amides is 1. The Morgan fingerprint density at radius 1 is 1.04 bits per heavy atom. The summed E-state index contributed by atoms with van der Waals surface area (Å²) in [5.74, 6) is -0.307. The molecule has 1 amide bonds. The van der Waals surface area contributed by atoms with Gasteiger partial charge in [-0.05, 0) is 39.0 Å². The number of carbonyl (C=O) groups excluding carboxylic acids is 1. The lowest BCUT2D eigenvalue weighted by molar-refractivity contribution is -0.111. The molecular weight excluding hydrogens is 362 g/mol. The Kier molecular flexibility index (Phi) is 9.25. The Morgan fingerprint density at radius 3 is 2.19 bits per heavy atom. The SMILES string of the molecule is C/C=C/C=C/C(=O)Nc1cc(S(=O)(=O)N(CC)CC)ccc1N(CC)CC.